The van der Waals surface area contributed by atoms with E-state index in [1.165, 1.54) is 38.8 Å². The molecule has 0 spiro atoms. The highest BCUT2D eigenvalue weighted by molar-refractivity contribution is 6.01. The van der Waals surface area contributed by atoms with E-state index in [0.29, 0.717) is 6.61 Å². The summed E-state index contributed by atoms with van der Waals surface area (Å²) in [6.07, 6.45) is 1.25. The smallest absolute Gasteiger partial charge is 0.127 e. The molecule has 1 fully saturated rings. The lowest BCUT2D eigenvalue weighted by atomic mass is 9.92. The van der Waals surface area contributed by atoms with Crippen LogP contribution in [0.2, 0.25) is 0 Å². The third kappa shape index (κ3) is 2.53. The first-order valence-corrected chi connectivity index (χ1v) is 9.85. The standard InChI is InChI=1S/C26H20O2/c1-2-7-19-17(6-1)14-25-20(19)8-3-10-23(25)21-9-4-12-24-22(21)11-5-13-26(24)28-16-18-15-27-18/h1-13,18H,14-16H2. The number of epoxide rings is 1. The van der Waals surface area contributed by atoms with Crippen LogP contribution >= 0.6 is 0 Å². The summed E-state index contributed by atoms with van der Waals surface area (Å²) in [5, 5.41) is 2.40. The molecule has 1 heterocycles. The van der Waals surface area contributed by atoms with Gasteiger partial charge in [-0.15, -0.1) is 0 Å². The Labute approximate surface area is 164 Å². The van der Waals surface area contributed by atoms with Crippen LogP contribution in [0.25, 0.3) is 33.0 Å². The molecule has 2 aliphatic rings. The molecule has 28 heavy (non-hydrogen) atoms. The van der Waals surface area contributed by atoms with Crippen molar-refractivity contribution in [3.8, 4) is 28.0 Å². The topological polar surface area (TPSA) is 21.8 Å². The lowest BCUT2D eigenvalue weighted by Gasteiger charge is -2.14. The van der Waals surface area contributed by atoms with Crippen LogP contribution in [0.3, 0.4) is 0 Å². The average Bonchev–Trinajstić information content (AvgIpc) is 3.50. The quantitative estimate of drug-likeness (QED) is 0.373. The highest BCUT2D eigenvalue weighted by Crippen LogP contribution is 2.43. The van der Waals surface area contributed by atoms with E-state index in [1.807, 2.05) is 0 Å². The molecule has 0 radical (unpaired) electrons. The average molecular weight is 364 g/mol. The lowest BCUT2D eigenvalue weighted by Crippen LogP contribution is -2.04. The van der Waals surface area contributed by atoms with Gasteiger partial charge >= 0.3 is 0 Å². The third-order valence-electron chi connectivity index (χ3n) is 5.85. The van der Waals surface area contributed by atoms with Gasteiger partial charge in [-0.25, -0.2) is 0 Å². The molecule has 1 aliphatic carbocycles. The van der Waals surface area contributed by atoms with Crippen LogP contribution in [0.4, 0.5) is 0 Å². The number of ether oxygens (including phenoxy) is 2. The third-order valence-corrected chi connectivity index (χ3v) is 5.85. The summed E-state index contributed by atoms with van der Waals surface area (Å²) in [6, 6.07) is 28.3. The molecule has 2 nitrogen and oxygen atoms in total. The number of fused-ring (bicyclic) bond motifs is 4. The monoisotopic (exact) mass is 364 g/mol. The second kappa shape index (κ2) is 6.22. The van der Waals surface area contributed by atoms with Gasteiger partial charge in [0.25, 0.3) is 0 Å². The van der Waals surface area contributed by atoms with Crippen LogP contribution in [0.5, 0.6) is 5.75 Å². The van der Waals surface area contributed by atoms with Gasteiger partial charge in [0.1, 0.15) is 18.5 Å². The first-order chi connectivity index (χ1) is 13.9. The van der Waals surface area contributed by atoms with E-state index in [4.69, 9.17) is 9.47 Å². The first kappa shape index (κ1) is 15.9. The minimum Gasteiger partial charge on any atom is -0.490 e. The van der Waals surface area contributed by atoms with E-state index in [2.05, 4.69) is 78.9 Å². The number of hydrogen-bond acceptors (Lipinski definition) is 2. The van der Waals surface area contributed by atoms with Crippen molar-refractivity contribution in [3.63, 3.8) is 0 Å². The van der Waals surface area contributed by atoms with Crippen molar-refractivity contribution >= 4 is 10.8 Å². The molecule has 0 bridgehead atoms. The van der Waals surface area contributed by atoms with Crippen LogP contribution in [0.1, 0.15) is 11.1 Å². The van der Waals surface area contributed by atoms with Gasteiger partial charge in [-0.3, -0.25) is 0 Å². The van der Waals surface area contributed by atoms with Crippen molar-refractivity contribution in [3.05, 3.63) is 90.0 Å². The molecule has 0 amide bonds. The van der Waals surface area contributed by atoms with Gasteiger partial charge in [-0.1, -0.05) is 72.8 Å². The summed E-state index contributed by atoms with van der Waals surface area (Å²) in [6.45, 7) is 1.44. The van der Waals surface area contributed by atoms with Crippen LogP contribution in [0, 0.1) is 0 Å². The van der Waals surface area contributed by atoms with E-state index in [9.17, 15) is 0 Å². The Kier molecular flexibility index (Phi) is 3.53. The molecule has 6 rings (SSSR count). The normalized spacial score (nSPS) is 16.6. The number of hydrogen-bond donors (Lipinski definition) is 0. The summed E-state index contributed by atoms with van der Waals surface area (Å²) in [5.41, 5.74) is 8.17. The van der Waals surface area contributed by atoms with Gasteiger partial charge in [0.15, 0.2) is 0 Å². The van der Waals surface area contributed by atoms with Crippen molar-refractivity contribution in [2.75, 3.05) is 13.2 Å². The largest absolute Gasteiger partial charge is 0.490 e. The van der Waals surface area contributed by atoms with Gasteiger partial charge in [-0.05, 0) is 51.3 Å². The Morgan fingerprint density at radius 1 is 0.714 bits per heavy atom. The maximum atomic E-state index is 6.05. The van der Waals surface area contributed by atoms with Gasteiger partial charge < -0.3 is 9.47 Å². The fraction of sp³-hybridized carbons (Fsp3) is 0.154. The second-order valence-corrected chi connectivity index (χ2v) is 7.59. The number of benzene rings is 4. The summed E-state index contributed by atoms with van der Waals surface area (Å²) in [4.78, 5) is 0. The molecule has 0 saturated carbocycles. The fourth-order valence-corrected chi connectivity index (χ4v) is 4.40. The summed E-state index contributed by atoms with van der Waals surface area (Å²) < 4.78 is 11.3. The summed E-state index contributed by atoms with van der Waals surface area (Å²) in [7, 11) is 0. The minimum atomic E-state index is 0.259. The minimum absolute atomic E-state index is 0.259. The zero-order valence-electron chi connectivity index (χ0n) is 15.5. The highest BCUT2D eigenvalue weighted by atomic mass is 16.6. The maximum Gasteiger partial charge on any atom is 0.127 e. The van der Waals surface area contributed by atoms with Crippen molar-refractivity contribution < 1.29 is 9.47 Å². The van der Waals surface area contributed by atoms with E-state index in [1.54, 1.807) is 0 Å². The molecule has 2 heteroatoms. The van der Waals surface area contributed by atoms with Crippen LogP contribution in [-0.2, 0) is 11.2 Å². The van der Waals surface area contributed by atoms with E-state index in [-0.39, 0.29) is 6.10 Å². The molecule has 0 N–H and O–H groups in total. The molecule has 1 saturated heterocycles. The SMILES string of the molecule is c1ccc2c(c1)Cc1c-2cccc1-c1cccc2c(OCC3CO3)cccc12. The van der Waals surface area contributed by atoms with Crippen LogP contribution < -0.4 is 4.74 Å². The molecule has 4 aromatic rings. The van der Waals surface area contributed by atoms with E-state index in [0.717, 1.165) is 24.2 Å². The fourth-order valence-electron chi connectivity index (χ4n) is 4.40. The molecule has 1 aliphatic heterocycles. The Morgan fingerprint density at radius 3 is 2.29 bits per heavy atom. The van der Waals surface area contributed by atoms with Crippen molar-refractivity contribution in [2.45, 2.75) is 12.5 Å². The highest BCUT2D eigenvalue weighted by Gasteiger charge is 2.24. The van der Waals surface area contributed by atoms with E-state index >= 15 is 0 Å². The van der Waals surface area contributed by atoms with Crippen molar-refractivity contribution in [2.24, 2.45) is 0 Å². The Balaban J connectivity index is 1.50. The summed E-state index contributed by atoms with van der Waals surface area (Å²) in [5.74, 6) is 0.936. The Bertz CT molecular complexity index is 1200. The molecule has 1 atom stereocenters. The van der Waals surface area contributed by atoms with Crippen LogP contribution in [-0.4, -0.2) is 19.3 Å². The predicted octanol–water partition coefficient (Wildman–Crippen LogP) is 5.86. The van der Waals surface area contributed by atoms with E-state index < -0.39 is 0 Å². The molecular weight excluding hydrogens is 344 g/mol. The van der Waals surface area contributed by atoms with Crippen molar-refractivity contribution in [1.29, 1.82) is 0 Å². The molecule has 136 valence electrons. The second-order valence-electron chi connectivity index (χ2n) is 7.59. The van der Waals surface area contributed by atoms with Crippen LogP contribution in [0.15, 0.2) is 78.9 Å². The van der Waals surface area contributed by atoms with Gasteiger partial charge in [0.2, 0.25) is 0 Å². The molecule has 1 unspecified atom stereocenters. The zero-order valence-corrected chi connectivity index (χ0v) is 15.5. The molecule has 4 aromatic carbocycles. The predicted molar refractivity (Wildman–Crippen MR) is 113 cm³/mol. The lowest BCUT2D eigenvalue weighted by molar-refractivity contribution is 0.265. The Morgan fingerprint density at radius 2 is 1.39 bits per heavy atom. The van der Waals surface area contributed by atoms with Gasteiger partial charge in [0, 0.05) is 5.39 Å². The van der Waals surface area contributed by atoms with Crippen molar-refractivity contribution in [1.82, 2.24) is 0 Å². The van der Waals surface area contributed by atoms with Gasteiger partial charge in [0.05, 0.1) is 6.61 Å². The van der Waals surface area contributed by atoms with Gasteiger partial charge in [-0.2, -0.15) is 0 Å². The first-order valence-electron chi connectivity index (χ1n) is 9.85. The molecular formula is C26H20O2. The summed E-state index contributed by atoms with van der Waals surface area (Å²) >= 11 is 0. The zero-order chi connectivity index (χ0) is 18.5. The maximum absolute atomic E-state index is 6.05. The molecule has 0 aromatic heterocycles. The Hall–Kier alpha value is -3.10. The number of rotatable bonds is 4.